The molecule has 6 heteroatoms. The predicted molar refractivity (Wildman–Crippen MR) is 86.8 cm³/mol. The Morgan fingerprint density at radius 1 is 1.05 bits per heavy atom. The molecular formula is C16H16ClN3O2. The lowest BCUT2D eigenvalue weighted by atomic mass is 10.2. The van der Waals surface area contributed by atoms with Crippen molar-refractivity contribution in [1.82, 2.24) is 10.7 Å². The van der Waals surface area contributed by atoms with Crippen LogP contribution in [0.5, 0.6) is 0 Å². The van der Waals surface area contributed by atoms with Crippen molar-refractivity contribution in [3.8, 4) is 0 Å². The van der Waals surface area contributed by atoms with E-state index in [2.05, 4.69) is 10.7 Å². The van der Waals surface area contributed by atoms with E-state index < -0.39 is 0 Å². The number of nitrogens with one attached hydrogen (secondary N) is 2. The van der Waals surface area contributed by atoms with Crippen LogP contribution in [-0.4, -0.2) is 25.4 Å². The van der Waals surface area contributed by atoms with Crippen LogP contribution in [-0.2, 0) is 4.79 Å². The number of benzene rings is 2. The van der Waals surface area contributed by atoms with Gasteiger partial charge in [0.2, 0.25) is 0 Å². The molecule has 0 unspecified atom stereocenters. The van der Waals surface area contributed by atoms with Crippen molar-refractivity contribution in [3.05, 3.63) is 65.2 Å². The molecule has 2 aromatic rings. The lowest BCUT2D eigenvalue weighted by molar-refractivity contribution is -0.120. The summed E-state index contributed by atoms with van der Waals surface area (Å²) >= 11 is 5.93. The first kappa shape index (κ1) is 15.9. The summed E-state index contributed by atoms with van der Waals surface area (Å²) in [6.45, 7) is -0.138. The Hall–Kier alpha value is -2.53. The van der Waals surface area contributed by atoms with Crippen LogP contribution in [0.4, 0.5) is 5.69 Å². The number of nitrogens with zero attached hydrogens (tertiary/aromatic N) is 1. The number of para-hydroxylation sites is 1. The number of hydrazine groups is 1. The standard InChI is InChI=1S/C16H16ClN3O2/c1-20(12-7-3-2-4-8-12)19-15(21)11-18-16(22)13-9-5-6-10-14(13)17/h2-10H,11H2,1H3,(H,18,22)(H,19,21). The molecular weight excluding hydrogens is 302 g/mol. The van der Waals surface area contributed by atoms with E-state index in [1.165, 1.54) is 0 Å². The molecule has 0 fully saturated rings. The summed E-state index contributed by atoms with van der Waals surface area (Å²) in [4.78, 5) is 23.8. The monoisotopic (exact) mass is 317 g/mol. The number of carbonyl (C=O) groups excluding carboxylic acids is 2. The van der Waals surface area contributed by atoms with Crippen LogP contribution in [0.1, 0.15) is 10.4 Å². The Kier molecular flexibility index (Phi) is 5.38. The van der Waals surface area contributed by atoms with Gasteiger partial charge in [-0.1, -0.05) is 41.9 Å². The average molecular weight is 318 g/mol. The maximum atomic E-state index is 11.9. The number of carbonyl (C=O) groups is 2. The van der Waals surface area contributed by atoms with Gasteiger partial charge in [-0.25, -0.2) is 0 Å². The van der Waals surface area contributed by atoms with Crippen LogP contribution in [0.3, 0.4) is 0 Å². The molecule has 0 spiro atoms. The number of hydrogen-bond acceptors (Lipinski definition) is 3. The van der Waals surface area contributed by atoms with Gasteiger partial charge in [-0.15, -0.1) is 0 Å². The molecule has 0 aliphatic carbocycles. The summed E-state index contributed by atoms with van der Waals surface area (Å²) in [6, 6.07) is 16.0. The molecule has 0 atom stereocenters. The Bertz CT molecular complexity index is 661. The van der Waals surface area contributed by atoms with Gasteiger partial charge in [0.1, 0.15) is 0 Å². The van der Waals surface area contributed by atoms with Crippen molar-refractivity contribution in [2.75, 3.05) is 18.6 Å². The van der Waals surface area contributed by atoms with E-state index in [-0.39, 0.29) is 18.4 Å². The van der Waals surface area contributed by atoms with Gasteiger partial charge in [0.15, 0.2) is 0 Å². The molecule has 0 aromatic heterocycles. The highest BCUT2D eigenvalue weighted by Crippen LogP contribution is 2.14. The lowest BCUT2D eigenvalue weighted by Gasteiger charge is -2.20. The third-order valence-electron chi connectivity index (χ3n) is 2.96. The van der Waals surface area contributed by atoms with Crippen LogP contribution in [0.15, 0.2) is 54.6 Å². The second kappa shape index (κ2) is 7.47. The third kappa shape index (κ3) is 4.23. The van der Waals surface area contributed by atoms with Crippen LogP contribution in [0.2, 0.25) is 5.02 Å². The lowest BCUT2D eigenvalue weighted by Crippen LogP contribution is -2.45. The summed E-state index contributed by atoms with van der Waals surface area (Å²) in [5.74, 6) is -0.713. The third-order valence-corrected chi connectivity index (χ3v) is 3.29. The van der Waals surface area contributed by atoms with Crippen LogP contribution >= 0.6 is 11.6 Å². The first-order valence-electron chi connectivity index (χ1n) is 6.69. The van der Waals surface area contributed by atoms with Crippen LogP contribution < -0.4 is 15.8 Å². The molecule has 0 bridgehead atoms. The van der Waals surface area contributed by atoms with Crippen molar-refractivity contribution in [1.29, 1.82) is 0 Å². The summed E-state index contributed by atoms with van der Waals surface area (Å²) in [6.07, 6.45) is 0. The zero-order chi connectivity index (χ0) is 15.9. The van der Waals surface area contributed by atoms with E-state index in [1.54, 1.807) is 36.3 Å². The van der Waals surface area contributed by atoms with E-state index in [9.17, 15) is 9.59 Å². The van der Waals surface area contributed by atoms with Crippen LogP contribution in [0, 0.1) is 0 Å². The summed E-state index contributed by atoms with van der Waals surface area (Å²) < 4.78 is 0. The van der Waals surface area contributed by atoms with Gasteiger partial charge in [-0.3, -0.25) is 20.0 Å². The largest absolute Gasteiger partial charge is 0.343 e. The number of rotatable bonds is 5. The molecule has 2 N–H and O–H groups in total. The molecule has 0 radical (unpaired) electrons. The van der Waals surface area contributed by atoms with Gasteiger partial charge in [0.05, 0.1) is 22.8 Å². The topological polar surface area (TPSA) is 61.4 Å². The second-order valence-electron chi connectivity index (χ2n) is 4.59. The highest BCUT2D eigenvalue weighted by Gasteiger charge is 2.11. The van der Waals surface area contributed by atoms with Gasteiger partial charge in [-0.05, 0) is 24.3 Å². The van der Waals surface area contributed by atoms with E-state index >= 15 is 0 Å². The fourth-order valence-electron chi connectivity index (χ4n) is 1.84. The first-order valence-corrected chi connectivity index (χ1v) is 7.06. The fourth-order valence-corrected chi connectivity index (χ4v) is 2.07. The Morgan fingerprint density at radius 2 is 1.68 bits per heavy atom. The number of anilines is 1. The minimum atomic E-state index is -0.386. The van der Waals surface area contributed by atoms with Crippen molar-refractivity contribution in [2.45, 2.75) is 0 Å². The molecule has 2 amide bonds. The fraction of sp³-hybridized carbons (Fsp3) is 0.125. The normalized spacial score (nSPS) is 9.91. The molecule has 0 saturated heterocycles. The Morgan fingerprint density at radius 3 is 2.36 bits per heavy atom. The smallest absolute Gasteiger partial charge is 0.257 e. The van der Waals surface area contributed by atoms with Gasteiger partial charge in [-0.2, -0.15) is 0 Å². The number of amides is 2. The first-order chi connectivity index (χ1) is 10.6. The maximum Gasteiger partial charge on any atom is 0.257 e. The molecule has 0 aliphatic heterocycles. The summed E-state index contributed by atoms with van der Waals surface area (Å²) in [5.41, 5.74) is 3.85. The predicted octanol–water partition coefficient (Wildman–Crippen LogP) is 2.24. The van der Waals surface area contributed by atoms with Crippen molar-refractivity contribution >= 4 is 29.1 Å². The maximum absolute atomic E-state index is 11.9. The second-order valence-corrected chi connectivity index (χ2v) is 5.00. The highest BCUT2D eigenvalue weighted by molar-refractivity contribution is 6.33. The quantitative estimate of drug-likeness (QED) is 0.831. The molecule has 0 saturated carbocycles. The van der Waals surface area contributed by atoms with Gasteiger partial charge < -0.3 is 5.32 Å². The SMILES string of the molecule is CN(NC(=O)CNC(=O)c1ccccc1Cl)c1ccccc1. The average Bonchev–Trinajstić information content (AvgIpc) is 2.54. The molecule has 22 heavy (non-hydrogen) atoms. The Labute approximate surface area is 133 Å². The van der Waals surface area contributed by atoms with Crippen LogP contribution in [0.25, 0.3) is 0 Å². The molecule has 0 heterocycles. The van der Waals surface area contributed by atoms with E-state index in [0.717, 1.165) is 5.69 Å². The minimum absolute atomic E-state index is 0.138. The Balaban J connectivity index is 1.85. The minimum Gasteiger partial charge on any atom is -0.343 e. The zero-order valence-corrected chi connectivity index (χ0v) is 12.8. The van der Waals surface area contributed by atoms with Gasteiger partial charge >= 0.3 is 0 Å². The number of hydrogen-bond donors (Lipinski definition) is 2. The van der Waals surface area contributed by atoms with Crippen molar-refractivity contribution < 1.29 is 9.59 Å². The van der Waals surface area contributed by atoms with E-state index in [0.29, 0.717) is 10.6 Å². The van der Waals surface area contributed by atoms with Gasteiger partial charge in [0.25, 0.3) is 11.8 Å². The molecule has 2 aromatic carbocycles. The van der Waals surface area contributed by atoms with E-state index in [4.69, 9.17) is 11.6 Å². The molecule has 114 valence electrons. The van der Waals surface area contributed by atoms with Gasteiger partial charge in [0, 0.05) is 7.05 Å². The van der Waals surface area contributed by atoms with E-state index in [1.807, 2.05) is 30.3 Å². The summed E-state index contributed by atoms with van der Waals surface area (Å²) in [7, 11) is 1.73. The number of halogens is 1. The van der Waals surface area contributed by atoms with Crippen molar-refractivity contribution in [2.24, 2.45) is 0 Å². The summed E-state index contributed by atoms with van der Waals surface area (Å²) in [5, 5.41) is 4.47. The zero-order valence-electron chi connectivity index (χ0n) is 12.0. The molecule has 0 aliphatic rings. The highest BCUT2D eigenvalue weighted by atomic mass is 35.5. The molecule has 2 rings (SSSR count). The van der Waals surface area contributed by atoms with Crippen molar-refractivity contribution in [3.63, 3.8) is 0 Å². The molecule has 5 nitrogen and oxygen atoms in total.